The molecule has 1 heterocycles. The number of carboxylic acid groups (broad SMARTS) is 1. The van der Waals surface area contributed by atoms with Gasteiger partial charge in [-0.1, -0.05) is 18.2 Å². The highest BCUT2D eigenvalue weighted by Crippen LogP contribution is 2.27. The molecule has 1 N–H and O–H groups in total. The lowest BCUT2D eigenvalue weighted by Crippen LogP contribution is -2.17. The fraction of sp³-hybridized carbons (Fsp3) is 0.250. The van der Waals surface area contributed by atoms with Crippen LogP contribution in [-0.4, -0.2) is 42.0 Å². The van der Waals surface area contributed by atoms with Crippen LogP contribution in [0.1, 0.15) is 5.56 Å². The van der Waals surface area contributed by atoms with E-state index in [0.717, 1.165) is 21.7 Å². The van der Waals surface area contributed by atoms with Crippen LogP contribution < -0.4 is 4.90 Å². The molecule has 5 heteroatoms. The Balaban J connectivity index is 1.97. The number of anilines is 1. The van der Waals surface area contributed by atoms with Gasteiger partial charge in [0, 0.05) is 31.1 Å². The van der Waals surface area contributed by atoms with Gasteiger partial charge in [-0.2, -0.15) is 0 Å². The molecule has 0 bridgehead atoms. The van der Waals surface area contributed by atoms with Gasteiger partial charge in [-0.25, -0.2) is 4.79 Å². The molecule has 1 atom stereocenters. The van der Waals surface area contributed by atoms with E-state index in [1.807, 2.05) is 20.2 Å². The lowest BCUT2D eigenvalue weighted by molar-refractivity contribution is -0.137. The van der Waals surface area contributed by atoms with Gasteiger partial charge in [-0.15, -0.1) is 11.8 Å². The Morgan fingerprint density at radius 1 is 1.24 bits per heavy atom. The summed E-state index contributed by atoms with van der Waals surface area (Å²) in [4.78, 5) is 17.3. The van der Waals surface area contributed by atoms with E-state index in [-0.39, 0.29) is 0 Å². The summed E-state index contributed by atoms with van der Waals surface area (Å²) in [5.41, 5.74) is 2.16. The monoisotopic (exact) mass is 300 g/mol. The summed E-state index contributed by atoms with van der Waals surface area (Å²) < 4.78 is 0. The minimum atomic E-state index is -0.853. The first-order valence-corrected chi connectivity index (χ1v) is 7.68. The van der Waals surface area contributed by atoms with Crippen molar-refractivity contribution in [3.63, 3.8) is 0 Å². The number of carboxylic acids is 1. The van der Waals surface area contributed by atoms with Gasteiger partial charge in [0.05, 0.1) is 5.04 Å². The lowest BCUT2D eigenvalue weighted by Gasteiger charge is -2.13. The summed E-state index contributed by atoms with van der Waals surface area (Å²) in [7, 11) is 4.04. The number of thioether (sulfide) groups is 1. The molecule has 21 heavy (non-hydrogen) atoms. The number of aliphatic carboxylic acids is 1. The molecule has 0 aliphatic carbocycles. The van der Waals surface area contributed by atoms with Gasteiger partial charge < -0.3 is 10.0 Å². The molecule has 0 fully saturated rings. The zero-order chi connectivity index (χ0) is 15.0. The quantitative estimate of drug-likeness (QED) is 0.947. The summed E-state index contributed by atoms with van der Waals surface area (Å²) in [6.45, 7) is 0. The molecular formula is C16H16N2O2S. The van der Waals surface area contributed by atoms with Crippen molar-refractivity contribution in [2.45, 2.75) is 6.04 Å². The average Bonchev–Trinajstić information content (AvgIpc) is 2.96. The Hall–Kier alpha value is -2.01. The first-order valence-electron chi connectivity index (χ1n) is 6.69. The Morgan fingerprint density at radius 3 is 2.62 bits per heavy atom. The molecule has 1 aliphatic heterocycles. The van der Waals surface area contributed by atoms with Crippen molar-refractivity contribution < 1.29 is 9.90 Å². The second-order valence-electron chi connectivity index (χ2n) is 5.24. The van der Waals surface area contributed by atoms with Crippen LogP contribution in [0.3, 0.4) is 0 Å². The lowest BCUT2D eigenvalue weighted by atomic mass is 10.1. The number of benzene rings is 2. The van der Waals surface area contributed by atoms with Crippen molar-refractivity contribution in [2.24, 2.45) is 4.99 Å². The third-order valence-corrected chi connectivity index (χ3v) is 4.62. The minimum Gasteiger partial charge on any atom is -0.480 e. The number of nitrogens with zero attached hydrogens (tertiary/aromatic N) is 2. The van der Waals surface area contributed by atoms with Gasteiger partial charge in [-0.3, -0.25) is 4.99 Å². The smallest absolute Gasteiger partial charge is 0.329 e. The Kier molecular flexibility index (Phi) is 3.59. The molecule has 0 saturated heterocycles. The largest absolute Gasteiger partial charge is 0.480 e. The highest BCUT2D eigenvalue weighted by Gasteiger charge is 2.25. The number of hydrogen-bond acceptors (Lipinski definition) is 4. The molecule has 2 aromatic carbocycles. The summed E-state index contributed by atoms with van der Waals surface area (Å²) in [6, 6.07) is 11.8. The Labute approximate surface area is 127 Å². The molecule has 0 aromatic heterocycles. The predicted octanol–water partition coefficient (Wildman–Crippen LogP) is 2.85. The molecule has 0 saturated carbocycles. The van der Waals surface area contributed by atoms with E-state index in [0.29, 0.717) is 5.75 Å². The normalized spacial score (nSPS) is 17.8. The molecule has 0 amide bonds. The van der Waals surface area contributed by atoms with E-state index in [1.54, 1.807) is 0 Å². The van der Waals surface area contributed by atoms with Crippen LogP contribution in [-0.2, 0) is 4.79 Å². The van der Waals surface area contributed by atoms with Gasteiger partial charge in [0.1, 0.15) is 0 Å². The van der Waals surface area contributed by atoms with Crippen LogP contribution in [0.4, 0.5) is 5.69 Å². The minimum absolute atomic E-state index is 0.516. The first-order chi connectivity index (χ1) is 10.0. The molecule has 0 unspecified atom stereocenters. The number of hydrogen-bond donors (Lipinski definition) is 1. The van der Waals surface area contributed by atoms with Gasteiger partial charge in [0.15, 0.2) is 6.04 Å². The topological polar surface area (TPSA) is 52.9 Å². The molecule has 0 spiro atoms. The van der Waals surface area contributed by atoms with Crippen molar-refractivity contribution in [1.82, 2.24) is 0 Å². The van der Waals surface area contributed by atoms with Crippen LogP contribution >= 0.6 is 11.8 Å². The van der Waals surface area contributed by atoms with Crippen molar-refractivity contribution in [3.05, 3.63) is 42.0 Å². The maximum atomic E-state index is 11.0. The summed E-state index contributed by atoms with van der Waals surface area (Å²) in [5.74, 6) is -0.337. The van der Waals surface area contributed by atoms with Gasteiger partial charge in [-0.05, 0) is 29.0 Å². The SMILES string of the molecule is CN(C)c1ccc2cc(C3=N[C@@H](C(=O)O)CS3)ccc2c1. The van der Waals surface area contributed by atoms with Crippen LogP contribution in [0.5, 0.6) is 0 Å². The zero-order valence-corrected chi connectivity index (χ0v) is 12.7. The Bertz CT molecular complexity index is 740. The first kappa shape index (κ1) is 13.9. The number of fused-ring (bicyclic) bond motifs is 1. The third-order valence-electron chi connectivity index (χ3n) is 3.52. The maximum absolute atomic E-state index is 11.0. The van der Waals surface area contributed by atoms with Crippen molar-refractivity contribution in [1.29, 1.82) is 0 Å². The fourth-order valence-electron chi connectivity index (χ4n) is 2.30. The summed E-state index contributed by atoms with van der Waals surface area (Å²) in [5, 5.41) is 12.1. The Morgan fingerprint density at radius 2 is 1.95 bits per heavy atom. The predicted molar refractivity (Wildman–Crippen MR) is 88.7 cm³/mol. The summed E-state index contributed by atoms with van der Waals surface area (Å²) >= 11 is 1.51. The van der Waals surface area contributed by atoms with E-state index in [2.05, 4.69) is 40.2 Å². The second-order valence-corrected chi connectivity index (χ2v) is 6.25. The standard InChI is InChI=1S/C16H16N2O2S/c1-18(2)13-6-5-10-7-12(4-3-11(10)8-13)15-17-14(9-21-15)16(19)20/h3-8,14H,9H2,1-2H3,(H,19,20)/t14-/m1/s1. The number of aliphatic imine (C=N–C) groups is 1. The van der Waals surface area contributed by atoms with E-state index in [9.17, 15) is 4.79 Å². The van der Waals surface area contributed by atoms with E-state index < -0.39 is 12.0 Å². The highest BCUT2D eigenvalue weighted by atomic mass is 32.2. The van der Waals surface area contributed by atoms with Crippen molar-refractivity contribution in [3.8, 4) is 0 Å². The second kappa shape index (κ2) is 5.41. The van der Waals surface area contributed by atoms with Gasteiger partial charge in [0.2, 0.25) is 0 Å². The molecule has 2 aromatic rings. The van der Waals surface area contributed by atoms with Crippen molar-refractivity contribution in [2.75, 3.05) is 24.7 Å². The number of carbonyl (C=O) groups is 1. The molecule has 108 valence electrons. The van der Waals surface area contributed by atoms with Gasteiger partial charge >= 0.3 is 5.97 Å². The van der Waals surface area contributed by atoms with Crippen molar-refractivity contribution >= 4 is 39.2 Å². The van der Waals surface area contributed by atoms with Gasteiger partial charge in [0.25, 0.3) is 0 Å². The van der Waals surface area contributed by atoms with Crippen LogP contribution in [0.25, 0.3) is 10.8 Å². The molecule has 4 nitrogen and oxygen atoms in total. The fourth-order valence-corrected chi connectivity index (χ4v) is 3.33. The van der Waals surface area contributed by atoms with E-state index >= 15 is 0 Å². The summed E-state index contributed by atoms with van der Waals surface area (Å²) in [6.07, 6.45) is 0. The molecular weight excluding hydrogens is 284 g/mol. The third kappa shape index (κ3) is 2.74. The number of rotatable bonds is 3. The highest BCUT2D eigenvalue weighted by molar-refractivity contribution is 8.14. The molecule has 0 radical (unpaired) electrons. The zero-order valence-electron chi connectivity index (χ0n) is 11.9. The van der Waals surface area contributed by atoms with Crippen LogP contribution in [0.15, 0.2) is 41.4 Å². The maximum Gasteiger partial charge on any atom is 0.329 e. The molecule has 1 aliphatic rings. The van der Waals surface area contributed by atoms with Crippen LogP contribution in [0, 0.1) is 0 Å². The van der Waals surface area contributed by atoms with E-state index in [4.69, 9.17) is 5.11 Å². The van der Waals surface area contributed by atoms with E-state index in [1.165, 1.54) is 17.1 Å². The average molecular weight is 300 g/mol. The van der Waals surface area contributed by atoms with Crippen LogP contribution in [0.2, 0.25) is 0 Å². The molecule has 3 rings (SSSR count).